The first kappa shape index (κ1) is 23.6. The van der Waals surface area contributed by atoms with Crippen molar-refractivity contribution in [2.45, 2.75) is 44.0 Å². The largest absolute Gasteiger partial charge is 0.382 e. The first-order valence-corrected chi connectivity index (χ1v) is 12.6. The number of nitro groups is 1. The van der Waals surface area contributed by atoms with Crippen LogP contribution in [0.3, 0.4) is 0 Å². The molecule has 2 aromatic carbocycles. The Kier molecular flexibility index (Phi) is 6.75. The summed E-state index contributed by atoms with van der Waals surface area (Å²) in [5, 5.41) is 12.2. The number of nitro benzene ring substituents is 1. The lowest BCUT2D eigenvalue weighted by atomic mass is 10.2. The zero-order valence-electron chi connectivity index (χ0n) is 18.8. The van der Waals surface area contributed by atoms with Crippen LogP contribution >= 0.6 is 0 Å². The van der Waals surface area contributed by atoms with E-state index in [0.29, 0.717) is 24.3 Å². The molecule has 0 spiro atoms. The van der Waals surface area contributed by atoms with Gasteiger partial charge in [0.25, 0.3) is 5.69 Å². The molecule has 0 aliphatic heterocycles. The molecule has 2 heterocycles. The lowest BCUT2D eigenvalue weighted by Crippen LogP contribution is -2.26. The van der Waals surface area contributed by atoms with Crippen LogP contribution in [-0.4, -0.2) is 34.4 Å². The molecule has 2 aromatic heterocycles. The van der Waals surface area contributed by atoms with Gasteiger partial charge >= 0.3 is 0 Å². The van der Waals surface area contributed by atoms with Crippen LogP contribution in [0, 0.1) is 10.1 Å². The normalized spacial score (nSPS) is 11.9. The number of nitrogens with zero attached hydrogens (tertiary/aromatic N) is 4. The molecule has 10 nitrogen and oxygen atoms in total. The smallest absolute Gasteiger partial charge is 0.289 e. The van der Waals surface area contributed by atoms with E-state index in [9.17, 15) is 18.5 Å². The number of aryl methyl sites for hydroxylation is 2. The standard InChI is InChI=1S/C23H26N6O4S/c1-2-3-13-20-27-21-22(16-9-4-5-10-17(16)26-23(21)24)28(20)15-8-14-25-34(32,33)19-12-7-6-11-18(19)29(30)31/h4-7,9-12,25H,2-3,8,13-15H2,1H3,(H2,24,26). The van der Waals surface area contributed by atoms with Gasteiger partial charge in [-0.15, -0.1) is 0 Å². The summed E-state index contributed by atoms with van der Waals surface area (Å²) < 4.78 is 30.0. The van der Waals surface area contributed by atoms with Gasteiger partial charge in [0, 0.05) is 31.0 Å². The molecule has 11 heteroatoms. The van der Waals surface area contributed by atoms with Gasteiger partial charge in [-0.05, 0) is 25.0 Å². The molecule has 4 aromatic rings. The Morgan fingerprint density at radius 1 is 1.09 bits per heavy atom. The Hall–Kier alpha value is -3.57. The van der Waals surface area contributed by atoms with Crippen molar-refractivity contribution in [1.82, 2.24) is 19.3 Å². The summed E-state index contributed by atoms with van der Waals surface area (Å²) in [6.45, 7) is 2.72. The number of nitrogen functional groups attached to an aromatic ring is 1. The number of pyridine rings is 1. The van der Waals surface area contributed by atoms with E-state index in [4.69, 9.17) is 10.7 Å². The number of hydrogen-bond acceptors (Lipinski definition) is 7. The summed E-state index contributed by atoms with van der Waals surface area (Å²) in [4.78, 5) is 19.4. The Morgan fingerprint density at radius 2 is 1.82 bits per heavy atom. The molecule has 178 valence electrons. The molecule has 3 N–H and O–H groups in total. The lowest BCUT2D eigenvalue weighted by molar-refractivity contribution is -0.387. The number of anilines is 1. The van der Waals surface area contributed by atoms with E-state index < -0.39 is 20.6 Å². The van der Waals surface area contributed by atoms with Crippen LogP contribution in [0.2, 0.25) is 0 Å². The van der Waals surface area contributed by atoms with Crippen LogP contribution in [0.15, 0.2) is 53.4 Å². The molecular formula is C23H26N6O4S. The van der Waals surface area contributed by atoms with E-state index in [-0.39, 0.29) is 11.4 Å². The van der Waals surface area contributed by atoms with E-state index >= 15 is 0 Å². The third-order valence-electron chi connectivity index (χ3n) is 5.65. The number of rotatable bonds is 10. The maximum atomic E-state index is 12.7. The highest BCUT2D eigenvalue weighted by Gasteiger charge is 2.24. The number of imidazole rings is 1. The average Bonchev–Trinajstić information content (AvgIpc) is 3.19. The molecule has 0 aliphatic carbocycles. The first-order chi connectivity index (χ1) is 16.3. The van der Waals surface area contributed by atoms with Gasteiger partial charge in [-0.25, -0.2) is 23.1 Å². The van der Waals surface area contributed by atoms with Crippen LogP contribution in [-0.2, 0) is 23.0 Å². The maximum Gasteiger partial charge on any atom is 0.289 e. The number of hydrogen-bond donors (Lipinski definition) is 2. The van der Waals surface area contributed by atoms with Crippen molar-refractivity contribution in [3.63, 3.8) is 0 Å². The molecule has 0 fully saturated rings. The Balaban J connectivity index is 1.60. The highest BCUT2D eigenvalue weighted by molar-refractivity contribution is 7.89. The van der Waals surface area contributed by atoms with Gasteiger partial charge in [0.2, 0.25) is 10.0 Å². The molecule has 0 atom stereocenters. The minimum atomic E-state index is -4.03. The quantitative estimate of drug-likeness (QED) is 0.199. The van der Waals surface area contributed by atoms with Crippen molar-refractivity contribution in [1.29, 1.82) is 0 Å². The fraction of sp³-hybridized carbons (Fsp3) is 0.304. The zero-order chi connectivity index (χ0) is 24.3. The van der Waals surface area contributed by atoms with E-state index in [0.717, 1.165) is 41.5 Å². The summed E-state index contributed by atoms with van der Waals surface area (Å²) >= 11 is 0. The second-order valence-corrected chi connectivity index (χ2v) is 9.71. The van der Waals surface area contributed by atoms with Gasteiger partial charge in [-0.2, -0.15) is 0 Å². The van der Waals surface area contributed by atoms with Crippen molar-refractivity contribution >= 4 is 43.5 Å². The topological polar surface area (TPSA) is 146 Å². The predicted molar refractivity (Wildman–Crippen MR) is 131 cm³/mol. The number of unbranched alkanes of at least 4 members (excludes halogenated alkanes) is 1. The number of benzene rings is 2. The van der Waals surface area contributed by atoms with Gasteiger partial charge in [-0.3, -0.25) is 10.1 Å². The molecule has 0 saturated carbocycles. The van der Waals surface area contributed by atoms with Crippen LogP contribution < -0.4 is 10.5 Å². The summed E-state index contributed by atoms with van der Waals surface area (Å²) in [5.41, 5.74) is 8.06. The molecule has 0 bridgehead atoms. The minimum Gasteiger partial charge on any atom is -0.382 e. The molecule has 0 amide bonds. The van der Waals surface area contributed by atoms with Gasteiger partial charge in [0.05, 0.1) is 16.0 Å². The second-order valence-electron chi connectivity index (χ2n) is 7.97. The Labute approximate surface area is 197 Å². The Morgan fingerprint density at radius 3 is 2.59 bits per heavy atom. The summed E-state index contributed by atoms with van der Waals surface area (Å²) in [7, 11) is -4.03. The fourth-order valence-corrected chi connectivity index (χ4v) is 5.27. The third kappa shape index (κ3) is 4.57. The summed E-state index contributed by atoms with van der Waals surface area (Å²) in [5.74, 6) is 1.24. The molecule has 0 saturated heterocycles. The summed E-state index contributed by atoms with van der Waals surface area (Å²) in [6.07, 6.45) is 3.19. The SMILES string of the molecule is CCCCc1nc2c(N)nc3ccccc3c2n1CCCNS(=O)(=O)c1ccccc1[N+](=O)[O-]. The van der Waals surface area contributed by atoms with Gasteiger partial charge < -0.3 is 10.3 Å². The van der Waals surface area contributed by atoms with Crippen molar-refractivity contribution in [2.24, 2.45) is 0 Å². The van der Waals surface area contributed by atoms with Crippen molar-refractivity contribution < 1.29 is 13.3 Å². The van der Waals surface area contributed by atoms with Crippen molar-refractivity contribution in [3.8, 4) is 0 Å². The highest BCUT2D eigenvalue weighted by atomic mass is 32.2. The van der Waals surface area contributed by atoms with Crippen LogP contribution in [0.25, 0.3) is 21.9 Å². The predicted octanol–water partition coefficient (Wildman–Crippen LogP) is 3.79. The highest BCUT2D eigenvalue weighted by Crippen LogP contribution is 2.29. The number of nitrogens with two attached hydrogens (primary N) is 1. The van der Waals surface area contributed by atoms with Crippen molar-refractivity contribution in [2.75, 3.05) is 12.3 Å². The maximum absolute atomic E-state index is 12.7. The van der Waals surface area contributed by atoms with E-state index in [1.807, 2.05) is 24.3 Å². The third-order valence-corrected chi connectivity index (χ3v) is 7.15. The van der Waals surface area contributed by atoms with Crippen LogP contribution in [0.5, 0.6) is 0 Å². The average molecular weight is 483 g/mol. The van der Waals surface area contributed by atoms with E-state index in [1.54, 1.807) is 0 Å². The molecular weight excluding hydrogens is 456 g/mol. The first-order valence-electron chi connectivity index (χ1n) is 11.1. The van der Waals surface area contributed by atoms with Gasteiger partial charge in [0.1, 0.15) is 11.3 Å². The second kappa shape index (κ2) is 9.74. The number of fused-ring (bicyclic) bond motifs is 3. The minimum absolute atomic E-state index is 0.111. The van der Waals surface area contributed by atoms with Crippen LogP contribution in [0.4, 0.5) is 11.5 Å². The monoisotopic (exact) mass is 482 g/mol. The number of nitrogens with one attached hydrogen (secondary N) is 1. The molecule has 34 heavy (non-hydrogen) atoms. The lowest BCUT2D eigenvalue weighted by Gasteiger charge is -2.12. The number of aromatic nitrogens is 3. The molecule has 0 aliphatic rings. The zero-order valence-corrected chi connectivity index (χ0v) is 19.6. The molecule has 0 unspecified atom stereocenters. The molecule has 0 radical (unpaired) electrons. The van der Waals surface area contributed by atoms with Gasteiger partial charge in [0.15, 0.2) is 10.7 Å². The summed E-state index contributed by atoms with van der Waals surface area (Å²) in [6, 6.07) is 13.0. The van der Waals surface area contributed by atoms with E-state index in [2.05, 4.69) is 21.2 Å². The number of sulfonamides is 1. The molecule has 4 rings (SSSR count). The van der Waals surface area contributed by atoms with Crippen molar-refractivity contribution in [3.05, 3.63) is 64.5 Å². The number of para-hydroxylation sites is 2. The van der Waals surface area contributed by atoms with Crippen LogP contribution in [0.1, 0.15) is 32.0 Å². The van der Waals surface area contributed by atoms with E-state index in [1.165, 1.54) is 24.3 Å². The van der Waals surface area contributed by atoms with Gasteiger partial charge in [-0.1, -0.05) is 43.7 Å². The fourth-order valence-electron chi connectivity index (χ4n) is 4.03. The Bertz CT molecular complexity index is 1470.